The minimum absolute atomic E-state index is 0.0936. The quantitative estimate of drug-likeness (QED) is 0.130. The van der Waals surface area contributed by atoms with E-state index in [0.717, 1.165) is 0 Å². The van der Waals surface area contributed by atoms with Crippen LogP contribution in [0.15, 0.2) is 0 Å². The lowest BCUT2D eigenvalue weighted by Crippen LogP contribution is -2.48. The van der Waals surface area contributed by atoms with E-state index in [1.807, 2.05) is 0 Å². The minimum atomic E-state index is -1.55. The van der Waals surface area contributed by atoms with Crippen LogP contribution in [0, 0.1) is 0 Å². The van der Waals surface area contributed by atoms with Gasteiger partial charge < -0.3 is 66.9 Å². The zero-order chi connectivity index (χ0) is 22.9. The van der Waals surface area contributed by atoms with E-state index in [2.05, 4.69) is 16.5 Å². The van der Waals surface area contributed by atoms with Crippen LogP contribution in [0.1, 0.15) is 0 Å². The Morgan fingerprint density at radius 1 is 0.536 bits per heavy atom. The first kappa shape index (κ1) is 32.1. The summed E-state index contributed by atoms with van der Waals surface area (Å²) in [4.78, 5) is 0. The molecule has 0 unspecified atom stereocenters. The smallest absolute Gasteiger partial charge is 0.111 e. The molecule has 15 N–H and O–H groups in total. The van der Waals surface area contributed by atoms with Crippen molar-refractivity contribution in [2.24, 2.45) is 5.90 Å². The van der Waals surface area contributed by atoms with E-state index in [-0.39, 0.29) is 13.1 Å². The summed E-state index contributed by atoms with van der Waals surface area (Å²) >= 11 is 0. The monoisotopic (exact) mass is 423 g/mol. The summed E-state index contributed by atoms with van der Waals surface area (Å²) < 4.78 is 0. The highest BCUT2D eigenvalue weighted by Gasteiger charge is 2.30. The lowest BCUT2D eigenvalue weighted by atomic mass is 10.0. The predicted molar refractivity (Wildman–Crippen MR) is 96.1 cm³/mol. The number of nitrogens with two attached hydrogens (primary N) is 1. The van der Waals surface area contributed by atoms with Gasteiger partial charge in [0.25, 0.3) is 0 Å². The highest BCUT2D eigenvalue weighted by molar-refractivity contribution is 4.82. The molecule has 0 amide bonds. The molecule has 0 saturated carbocycles. The van der Waals surface area contributed by atoms with Gasteiger partial charge in [-0.2, -0.15) is 0 Å². The molecule has 8 atom stereocenters. The third kappa shape index (κ3) is 13.6. The lowest BCUT2D eigenvalue weighted by Gasteiger charge is -2.25. The molecule has 174 valence electrons. The van der Waals surface area contributed by atoms with Gasteiger partial charge in [-0.15, -0.1) is 0 Å². The highest BCUT2D eigenvalue weighted by Crippen LogP contribution is 2.05. The molecule has 0 heterocycles. The van der Waals surface area contributed by atoms with Crippen LogP contribution in [0.25, 0.3) is 0 Å². The molecular weight excluding hydrogens is 386 g/mol. The van der Waals surface area contributed by atoms with E-state index in [1.165, 1.54) is 0 Å². The van der Waals surface area contributed by atoms with E-state index in [0.29, 0.717) is 0 Å². The molecule has 14 nitrogen and oxygen atoms in total. The third-order valence-electron chi connectivity index (χ3n) is 3.48. The average molecular weight is 423 g/mol. The Balaban J connectivity index is -0.000000410. The van der Waals surface area contributed by atoms with Crippen molar-refractivity contribution in [2.75, 3.05) is 40.4 Å². The lowest BCUT2D eigenvalue weighted by molar-refractivity contribution is -0.113. The van der Waals surface area contributed by atoms with Crippen molar-refractivity contribution < 1.29 is 56.3 Å². The number of hydrogen-bond acceptors (Lipinski definition) is 14. The summed E-state index contributed by atoms with van der Waals surface area (Å²) in [6, 6.07) is 0. The molecule has 0 rings (SSSR count). The van der Waals surface area contributed by atoms with Crippen LogP contribution < -0.4 is 16.5 Å². The molecule has 14 heteroatoms. The van der Waals surface area contributed by atoms with Crippen LogP contribution in [0.3, 0.4) is 0 Å². The number of nitrogens with one attached hydrogen (secondary N) is 2. The first-order valence-corrected chi connectivity index (χ1v) is 8.30. The Bertz CT molecular complexity index is 303. The van der Waals surface area contributed by atoms with Gasteiger partial charge in [0.15, 0.2) is 0 Å². The van der Waals surface area contributed by atoms with Crippen molar-refractivity contribution in [3.63, 3.8) is 0 Å². The van der Waals surface area contributed by atoms with E-state index in [9.17, 15) is 10.2 Å². The fraction of sp³-hybridized carbons (Fsp3) is 1.00. The van der Waals surface area contributed by atoms with Gasteiger partial charge in [0, 0.05) is 13.1 Å². The second kappa shape index (κ2) is 19.7. The standard InChI is InChI=1S/2C7H17NO5.H3NO/c2*1-8-2-4(10)6(12)7(13)5(11)3-9;1-2/h2*4-13H,2-3H2,1H3;2H,1H2/t2*4-,5+,6+,7+;/m00./s1. The molecule has 0 aromatic heterocycles. The molecule has 0 saturated heterocycles. The van der Waals surface area contributed by atoms with Gasteiger partial charge in [0.1, 0.15) is 36.6 Å². The van der Waals surface area contributed by atoms with Gasteiger partial charge in [-0.05, 0) is 14.1 Å². The van der Waals surface area contributed by atoms with Crippen LogP contribution >= 0.6 is 0 Å². The van der Waals surface area contributed by atoms with Crippen molar-refractivity contribution in [1.29, 1.82) is 0 Å². The van der Waals surface area contributed by atoms with Crippen molar-refractivity contribution in [2.45, 2.75) is 48.8 Å². The number of aliphatic hydroxyl groups is 10. The first-order chi connectivity index (χ1) is 13.1. The minimum Gasteiger partial charge on any atom is -0.394 e. The molecule has 0 spiro atoms. The molecule has 0 aliphatic carbocycles. The second-order valence-electron chi connectivity index (χ2n) is 5.71. The zero-order valence-electron chi connectivity index (χ0n) is 15.9. The summed E-state index contributed by atoms with van der Waals surface area (Å²) in [7, 11) is 3.15. The number of aliphatic hydroxyl groups excluding tert-OH is 10. The fourth-order valence-corrected chi connectivity index (χ4v) is 1.79. The average Bonchev–Trinajstić information content (AvgIpc) is 2.72. The van der Waals surface area contributed by atoms with Gasteiger partial charge in [-0.3, -0.25) is 0 Å². The molecule has 0 aliphatic heterocycles. The first-order valence-electron chi connectivity index (χ1n) is 8.30. The largest absolute Gasteiger partial charge is 0.394 e. The maximum atomic E-state index is 9.21. The predicted octanol–water partition coefficient (Wildman–Crippen LogP) is -7.38. The fourth-order valence-electron chi connectivity index (χ4n) is 1.79. The molecule has 0 aliphatic rings. The summed E-state index contributed by atoms with van der Waals surface area (Å²) in [5, 5.41) is 101. The second-order valence-corrected chi connectivity index (χ2v) is 5.71. The van der Waals surface area contributed by atoms with Crippen LogP contribution in [-0.2, 0) is 0 Å². The van der Waals surface area contributed by atoms with Gasteiger partial charge in [0.05, 0.1) is 25.4 Å². The number of hydrogen-bond donors (Lipinski definition) is 14. The summed E-state index contributed by atoms with van der Waals surface area (Å²) in [5.41, 5.74) is 0. The van der Waals surface area contributed by atoms with E-state index >= 15 is 0 Å². The Kier molecular flexibility index (Phi) is 22.6. The van der Waals surface area contributed by atoms with Gasteiger partial charge in [0.2, 0.25) is 0 Å². The van der Waals surface area contributed by atoms with Crippen molar-refractivity contribution >= 4 is 0 Å². The topological polar surface area (TPSA) is 273 Å². The maximum Gasteiger partial charge on any atom is 0.111 e. The number of likely N-dealkylation sites (N-methyl/N-ethyl adjacent to an activating group) is 2. The van der Waals surface area contributed by atoms with Crippen LogP contribution in [0.2, 0.25) is 0 Å². The Hall–Kier alpha value is -0.560. The third-order valence-corrected chi connectivity index (χ3v) is 3.48. The van der Waals surface area contributed by atoms with E-state index in [1.54, 1.807) is 14.1 Å². The molecule has 0 aromatic carbocycles. The Morgan fingerprint density at radius 3 is 0.929 bits per heavy atom. The van der Waals surface area contributed by atoms with Gasteiger partial charge in [-0.1, -0.05) is 0 Å². The molecule has 0 aromatic rings. The number of rotatable bonds is 12. The molecule has 28 heavy (non-hydrogen) atoms. The molecule has 0 radical (unpaired) electrons. The highest BCUT2D eigenvalue weighted by atomic mass is 16.4. The van der Waals surface area contributed by atoms with Gasteiger partial charge >= 0.3 is 0 Å². The van der Waals surface area contributed by atoms with Crippen molar-refractivity contribution in [1.82, 2.24) is 10.6 Å². The maximum absolute atomic E-state index is 9.21. The molecule has 0 bridgehead atoms. The Labute approximate surface area is 163 Å². The van der Waals surface area contributed by atoms with Crippen LogP contribution in [-0.4, -0.2) is 146 Å². The van der Waals surface area contributed by atoms with Gasteiger partial charge in [-0.25, -0.2) is 5.90 Å². The molecule has 0 fully saturated rings. The van der Waals surface area contributed by atoms with E-state index < -0.39 is 62.0 Å². The Morgan fingerprint density at radius 2 is 0.750 bits per heavy atom. The van der Waals surface area contributed by atoms with Crippen molar-refractivity contribution in [3.8, 4) is 0 Å². The SMILES string of the molecule is CNC[C@H](O)[C@@H](O)[C@H](O)[C@H](O)CO.CNC[C@H](O)[C@@H](O)[C@H](O)[C@H](O)CO.NO. The summed E-state index contributed by atoms with van der Waals surface area (Å²) in [6.07, 6.45) is -11.3. The van der Waals surface area contributed by atoms with E-state index in [4.69, 9.17) is 46.1 Å². The van der Waals surface area contributed by atoms with Crippen molar-refractivity contribution in [3.05, 3.63) is 0 Å². The van der Waals surface area contributed by atoms with Crippen LogP contribution in [0.4, 0.5) is 0 Å². The van der Waals surface area contributed by atoms with Crippen LogP contribution in [0.5, 0.6) is 0 Å². The zero-order valence-corrected chi connectivity index (χ0v) is 15.9. The summed E-state index contributed by atoms with van der Waals surface area (Å²) in [5.74, 6) is 3.50. The summed E-state index contributed by atoms with van der Waals surface area (Å²) in [6.45, 7) is -1.14. The molecular formula is C14H37N3O11. The normalized spacial score (nSPS) is 19.5.